The van der Waals surface area contributed by atoms with Crippen LogP contribution in [-0.4, -0.2) is 41.7 Å². The van der Waals surface area contributed by atoms with Crippen molar-refractivity contribution in [1.29, 1.82) is 0 Å². The van der Waals surface area contributed by atoms with Crippen LogP contribution in [0, 0.1) is 17.8 Å². The van der Waals surface area contributed by atoms with Crippen LogP contribution in [0.4, 0.5) is 0 Å². The molecule has 0 aromatic heterocycles. The van der Waals surface area contributed by atoms with E-state index in [2.05, 4.69) is 6.92 Å². The van der Waals surface area contributed by atoms with Crippen LogP contribution >= 0.6 is 0 Å². The molecule has 2 fully saturated rings. The van der Waals surface area contributed by atoms with E-state index in [0.717, 1.165) is 38.6 Å². The highest BCUT2D eigenvalue weighted by molar-refractivity contribution is 5.80. The van der Waals surface area contributed by atoms with Crippen molar-refractivity contribution in [2.75, 3.05) is 19.7 Å². The standard InChI is InChI=1S/C14H26N2O2/c1-10-4-2-6-12(15)13(10)14(18)16-7-3-5-11(8-16)9-17/h10-13,17H,2-9,15H2,1H3. The summed E-state index contributed by atoms with van der Waals surface area (Å²) in [4.78, 5) is 14.5. The Bertz CT molecular complexity index is 286. The number of hydrogen-bond acceptors (Lipinski definition) is 3. The molecule has 4 atom stereocenters. The van der Waals surface area contributed by atoms with Gasteiger partial charge in [0.1, 0.15) is 0 Å². The molecule has 4 heteroatoms. The lowest BCUT2D eigenvalue weighted by atomic mass is 9.76. The van der Waals surface area contributed by atoms with Crippen molar-refractivity contribution in [3.05, 3.63) is 0 Å². The molecule has 1 saturated heterocycles. The van der Waals surface area contributed by atoms with Gasteiger partial charge in [0.15, 0.2) is 0 Å². The molecule has 0 bridgehead atoms. The third-order valence-electron chi connectivity index (χ3n) is 4.65. The molecule has 2 rings (SSSR count). The van der Waals surface area contributed by atoms with E-state index in [9.17, 15) is 9.90 Å². The zero-order chi connectivity index (χ0) is 13.1. The van der Waals surface area contributed by atoms with Crippen LogP contribution in [0.3, 0.4) is 0 Å². The second-order valence-corrected chi connectivity index (χ2v) is 6.07. The lowest BCUT2D eigenvalue weighted by molar-refractivity contribution is -0.141. The highest BCUT2D eigenvalue weighted by Crippen LogP contribution is 2.31. The monoisotopic (exact) mass is 254 g/mol. The van der Waals surface area contributed by atoms with E-state index >= 15 is 0 Å². The molecule has 4 unspecified atom stereocenters. The first kappa shape index (κ1) is 13.8. The molecule has 1 aliphatic carbocycles. The normalized spacial score (nSPS) is 37.6. The molecule has 0 spiro atoms. The number of carbonyl (C=O) groups is 1. The highest BCUT2D eigenvalue weighted by atomic mass is 16.3. The summed E-state index contributed by atoms with van der Waals surface area (Å²) < 4.78 is 0. The molecule has 104 valence electrons. The maximum absolute atomic E-state index is 12.6. The SMILES string of the molecule is CC1CCCC(N)C1C(=O)N1CCCC(CO)C1. The molecule has 1 saturated carbocycles. The van der Waals surface area contributed by atoms with Gasteiger partial charge in [0.05, 0.1) is 5.92 Å². The minimum Gasteiger partial charge on any atom is -0.396 e. The number of hydrogen-bond donors (Lipinski definition) is 2. The Hall–Kier alpha value is -0.610. The quantitative estimate of drug-likeness (QED) is 0.772. The van der Waals surface area contributed by atoms with Gasteiger partial charge in [-0.1, -0.05) is 13.3 Å². The van der Waals surface area contributed by atoms with Crippen LogP contribution in [0.25, 0.3) is 0 Å². The van der Waals surface area contributed by atoms with Gasteiger partial charge in [0.2, 0.25) is 5.91 Å². The molecule has 0 aromatic rings. The van der Waals surface area contributed by atoms with E-state index in [1.165, 1.54) is 0 Å². The van der Waals surface area contributed by atoms with Gasteiger partial charge in [-0.25, -0.2) is 0 Å². The molecule has 18 heavy (non-hydrogen) atoms. The minimum absolute atomic E-state index is 0.00353. The van der Waals surface area contributed by atoms with Gasteiger partial charge >= 0.3 is 0 Å². The number of nitrogens with zero attached hydrogens (tertiary/aromatic N) is 1. The fourth-order valence-electron chi connectivity index (χ4n) is 3.51. The van der Waals surface area contributed by atoms with Crippen molar-refractivity contribution in [3.63, 3.8) is 0 Å². The second kappa shape index (κ2) is 6.02. The Morgan fingerprint density at radius 1 is 1.33 bits per heavy atom. The van der Waals surface area contributed by atoms with Crippen LogP contribution in [0.1, 0.15) is 39.0 Å². The van der Waals surface area contributed by atoms with Crippen molar-refractivity contribution in [3.8, 4) is 0 Å². The van der Waals surface area contributed by atoms with Crippen LogP contribution in [0.5, 0.6) is 0 Å². The Balaban J connectivity index is 2.00. The molecule has 1 heterocycles. The summed E-state index contributed by atoms with van der Waals surface area (Å²) in [5.41, 5.74) is 6.15. The number of piperidine rings is 1. The fourth-order valence-corrected chi connectivity index (χ4v) is 3.51. The summed E-state index contributed by atoms with van der Waals surface area (Å²) in [5, 5.41) is 9.24. The summed E-state index contributed by atoms with van der Waals surface area (Å²) in [5.74, 6) is 0.887. The number of aliphatic hydroxyl groups is 1. The minimum atomic E-state index is -0.00353. The van der Waals surface area contributed by atoms with Gasteiger partial charge < -0.3 is 15.7 Å². The average Bonchev–Trinajstić information content (AvgIpc) is 2.38. The van der Waals surface area contributed by atoms with E-state index < -0.39 is 0 Å². The first-order valence-electron chi connectivity index (χ1n) is 7.28. The Morgan fingerprint density at radius 2 is 2.11 bits per heavy atom. The molecule has 1 amide bonds. The van der Waals surface area contributed by atoms with E-state index in [0.29, 0.717) is 12.5 Å². The van der Waals surface area contributed by atoms with Crippen LogP contribution < -0.4 is 5.73 Å². The van der Waals surface area contributed by atoms with Gasteiger partial charge in [-0.3, -0.25) is 4.79 Å². The van der Waals surface area contributed by atoms with Crippen molar-refractivity contribution in [1.82, 2.24) is 4.90 Å². The molecule has 2 aliphatic rings. The van der Waals surface area contributed by atoms with E-state index in [-0.39, 0.29) is 30.4 Å². The van der Waals surface area contributed by atoms with E-state index in [1.807, 2.05) is 4.90 Å². The first-order valence-corrected chi connectivity index (χ1v) is 7.28. The van der Waals surface area contributed by atoms with Crippen molar-refractivity contribution >= 4 is 5.91 Å². The highest BCUT2D eigenvalue weighted by Gasteiger charge is 2.37. The predicted molar refractivity (Wildman–Crippen MR) is 70.9 cm³/mol. The Morgan fingerprint density at radius 3 is 2.78 bits per heavy atom. The molecule has 4 nitrogen and oxygen atoms in total. The summed E-state index contributed by atoms with van der Waals surface area (Å²) in [6, 6.07) is 0.0238. The smallest absolute Gasteiger partial charge is 0.227 e. The molecule has 1 aliphatic heterocycles. The van der Waals surface area contributed by atoms with Gasteiger partial charge in [-0.15, -0.1) is 0 Å². The Kier molecular flexibility index (Phi) is 4.62. The summed E-state index contributed by atoms with van der Waals surface area (Å²) in [6.07, 6.45) is 5.27. The summed E-state index contributed by atoms with van der Waals surface area (Å²) >= 11 is 0. The zero-order valence-electron chi connectivity index (χ0n) is 11.3. The summed E-state index contributed by atoms with van der Waals surface area (Å²) in [6.45, 7) is 3.89. The lowest BCUT2D eigenvalue weighted by Gasteiger charge is -2.39. The molecular formula is C14H26N2O2. The maximum atomic E-state index is 12.6. The van der Waals surface area contributed by atoms with Gasteiger partial charge in [0.25, 0.3) is 0 Å². The number of aliphatic hydroxyl groups excluding tert-OH is 1. The molecule has 0 aromatic carbocycles. The van der Waals surface area contributed by atoms with E-state index in [1.54, 1.807) is 0 Å². The Labute approximate surface area is 110 Å². The van der Waals surface area contributed by atoms with E-state index in [4.69, 9.17) is 5.73 Å². The van der Waals surface area contributed by atoms with Crippen LogP contribution in [0.15, 0.2) is 0 Å². The summed E-state index contributed by atoms with van der Waals surface area (Å²) in [7, 11) is 0. The van der Waals surface area contributed by atoms with Crippen LogP contribution in [-0.2, 0) is 4.79 Å². The zero-order valence-corrected chi connectivity index (χ0v) is 11.3. The van der Waals surface area contributed by atoms with Gasteiger partial charge in [-0.2, -0.15) is 0 Å². The topological polar surface area (TPSA) is 66.6 Å². The van der Waals surface area contributed by atoms with Crippen molar-refractivity contribution < 1.29 is 9.90 Å². The van der Waals surface area contributed by atoms with Crippen molar-refractivity contribution in [2.45, 2.75) is 45.1 Å². The molecular weight excluding hydrogens is 228 g/mol. The largest absolute Gasteiger partial charge is 0.396 e. The first-order chi connectivity index (χ1) is 8.63. The van der Waals surface area contributed by atoms with Gasteiger partial charge in [-0.05, 0) is 37.5 Å². The van der Waals surface area contributed by atoms with Crippen LogP contribution in [0.2, 0.25) is 0 Å². The number of rotatable bonds is 2. The van der Waals surface area contributed by atoms with Gasteiger partial charge in [0, 0.05) is 25.7 Å². The number of carbonyl (C=O) groups excluding carboxylic acids is 1. The number of amides is 1. The third-order valence-corrected chi connectivity index (χ3v) is 4.65. The third kappa shape index (κ3) is 2.86. The fraction of sp³-hybridized carbons (Fsp3) is 0.929. The molecule has 3 N–H and O–H groups in total. The predicted octanol–water partition coefficient (Wildman–Crippen LogP) is 0.981. The average molecular weight is 254 g/mol. The lowest BCUT2D eigenvalue weighted by Crippen LogP contribution is -2.51. The molecule has 0 radical (unpaired) electrons. The number of nitrogens with two attached hydrogens (primary N) is 1. The van der Waals surface area contributed by atoms with Crippen molar-refractivity contribution in [2.24, 2.45) is 23.5 Å². The second-order valence-electron chi connectivity index (χ2n) is 6.07. The number of likely N-dealkylation sites (tertiary alicyclic amines) is 1. The maximum Gasteiger partial charge on any atom is 0.227 e.